The van der Waals surface area contributed by atoms with Crippen LogP contribution in [0.25, 0.3) is 0 Å². The molecule has 0 aromatic carbocycles. The molecular weight excluding hydrogens is 136 g/mol. The molecule has 1 aliphatic heterocycles. The molecule has 0 spiro atoms. The molecule has 62 valence electrons. The van der Waals surface area contributed by atoms with Gasteiger partial charge in [-0.2, -0.15) is 0 Å². The normalized spacial score (nSPS) is 37.5. The van der Waals surface area contributed by atoms with Gasteiger partial charge in [0.1, 0.15) is 0 Å². The van der Waals surface area contributed by atoms with Crippen molar-refractivity contribution in [1.82, 2.24) is 4.90 Å². The van der Waals surface area contributed by atoms with Crippen LogP contribution in [0, 0.1) is 11.3 Å². The molecule has 1 saturated carbocycles. The van der Waals surface area contributed by atoms with Gasteiger partial charge in [-0.1, -0.05) is 6.92 Å². The van der Waals surface area contributed by atoms with Gasteiger partial charge in [0, 0.05) is 19.0 Å². The highest BCUT2D eigenvalue weighted by Crippen LogP contribution is 2.33. The average Bonchev–Trinajstić information content (AvgIpc) is 2.29. The minimum Gasteiger partial charge on any atom is -0.358 e. The van der Waals surface area contributed by atoms with E-state index >= 15 is 0 Å². The summed E-state index contributed by atoms with van der Waals surface area (Å²) in [5, 5.41) is 7.67. The van der Waals surface area contributed by atoms with Crippen molar-refractivity contribution in [2.75, 3.05) is 6.54 Å². The smallest absolute Gasteiger partial charge is 0.0960 e. The van der Waals surface area contributed by atoms with E-state index in [4.69, 9.17) is 5.41 Å². The molecule has 2 fully saturated rings. The molecule has 2 heteroatoms. The Labute approximate surface area is 68.1 Å². The highest BCUT2D eigenvalue weighted by atomic mass is 15.2. The van der Waals surface area contributed by atoms with Crippen molar-refractivity contribution in [2.45, 2.75) is 38.6 Å². The Morgan fingerprint density at radius 2 is 2.18 bits per heavy atom. The third-order valence-electron chi connectivity index (χ3n) is 2.95. The topological polar surface area (TPSA) is 27.1 Å². The maximum absolute atomic E-state index is 7.67. The summed E-state index contributed by atoms with van der Waals surface area (Å²) in [4.78, 5) is 2.31. The lowest BCUT2D eigenvalue weighted by molar-refractivity contribution is 0.157. The van der Waals surface area contributed by atoms with Gasteiger partial charge in [-0.25, -0.2) is 0 Å². The monoisotopic (exact) mass is 152 g/mol. The van der Waals surface area contributed by atoms with Crippen LogP contribution >= 0.6 is 0 Å². The van der Waals surface area contributed by atoms with Crippen LogP contribution in [-0.4, -0.2) is 23.3 Å². The van der Waals surface area contributed by atoms with Crippen molar-refractivity contribution < 1.29 is 0 Å². The summed E-state index contributed by atoms with van der Waals surface area (Å²) in [5.74, 6) is 1.80. The Morgan fingerprint density at radius 3 is 2.64 bits per heavy atom. The summed E-state index contributed by atoms with van der Waals surface area (Å²) >= 11 is 0. The number of amidine groups is 1. The Balaban J connectivity index is 1.90. The van der Waals surface area contributed by atoms with Crippen LogP contribution in [0.4, 0.5) is 0 Å². The summed E-state index contributed by atoms with van der Waals surface area (Å²) in [6, 6.07) is 0.736. The fourth-order valence-electron chi connectivity index (χ4n) is 2.21. The molecule has 0 atom stereocenters. The fraction of sp³-hybridized carbons (Fsp3) is 0.889. The number of nitrogens with one attached hydrogen (secondary N) is 1. The second-order valence-electron chi connectivity index (χ2n) is 3.97. The number of hydrogen-bond acceptors (Lipinski definition) is 1. The highest BCUT2D eigenvalue weighted by Gasteiger charge is 2.33. The van der Waals surface area contributed by atoms with Gasteiger partial charge in [0.25, 0.3) is 0 Å². The average molecular weight is 152 g/mol. The summed E-state index contributed by atoms with van der Waals surface area (Å²) in [6.45, 7) is 3.45. The van der Waals surface area contributed by atoms with Gasteiger partial charge in [0.05, 0.1) is 5.84 Å². The molecule has 0 aromatic heterocycles. The second kappa shape index (κ2) is 2.50. The van der Waals surface area contributed by atoms with E-state index in [2.05, 4.69) is 11.8 Å². The van der Waals surface area contributed by atoms with E-state index in [1.807, 2.05) is 0 Å². The molecule has 0 amide bonds. The predicted octanol–water partition coefficient (Wildman–Crippen LogP) is 1.86. The molecule has 1 N–H and O–H groups in total. The highest BCUT2D eigenvalue weighted by molar-refractivity contribution is 5.81. The Morgan fingerprint density at radius 1 is 1.45 bits per heavy atom. The standard InChI is InChI=1S/C9H16N2/c1-7-5-8(6-7)11-4-2-3-9(11)10/h7-8,10H,2-6H2,1H3. The lowest BCUT2D eigenvalue weighted by atomic mass is 9.81. The quantitative estimate of drug-likeness (QED) is 0.610. The summed E-state index contributed by atoms with van der Waals surface area (Å²) in [7, 11) is 0. The zero-order valence-electron chi connectivity index (χ0n) is 7.14. The molecule has 0 aromatic rings. The SMILES string of the molecule is CC1CC(N2CCCC2=N)C1. The Bertz CT molecular complexity index is 170. The maximum Gasteiger partial charge on any atom is 0.0960 e. The molecule has 2 aliphatic rings. The van der Waals surface area contributed by atoms with Gasteiger partial charge in [0.2, 0.25) is 0 Å². The van der Waals surface area contributed by atoms with Crippen molar-refractivity contribution in [1.29, 1.82) is 5.41 Å². The third kappa shape index (κ3) is 1.15. The lowest BCUT2D eigenvalue weighted by Gasteiger charge is -2.40. The Hall–Kier alpha value is -0.530. The fourth-order valence-corrected chi connectivity index (χ4v) is 2.21. The molecule has 0 unspecified atom stereocenters. The van der Waals surface area contributed by atoms with Crippen LogP contribution in [0.3, 0.4) is 0 Å². The van der Waals surface area contributed by atoms with E-state index in [1.165, 1.54) is 19.3 Å². The van der Waals surface area contributed by atoms with E-state index in [0.717, 1.165) is 30.8 Å². The Kier molecular flexibility index (Phi) is 1.63. The molecule has 1 saturated heterocycles. The summed E-state index contributed by atoms with van der Waals surface area (Å²) in [5.41, 5.74) is 0. The van der Waals surface area contributed by atoms with E-state index in [0.29, 0.717) is 0 Å². The number of hydrogen-bond donors (Lipinski definition) is 1. The molecule has 2 rings (SSSR count). The van der Waals surface area contributed by atoms with Gasteiger partial charge in [-0.3, -0.25) is 5.41 Å². The van der Waals surface area contributed by atoms with Crippen LogP contribution < -0.4 is 0 Å². The predicted molar refractivity (Wildman–Crippen MR) is 45.9 cm³/mol. The minimum absolute atomic E-state index is 0.736. The van der Waals surface area contributed by atoms with Crippen LogP contribution in [0.5, 0.6) is 0 Å². The first-order chi connectivity index (χ1) is 5.27. The van der Waals surface area contributed by atoms with E-state index in [9.17, 15) is 0 Å². The largest absolute Gasteiger partial charge is 0.358 e. The third-order valence-corrected chi connectivity index (χ3v) is 2.95. The number of nitrogens with zero attached hydrogens (tertiary/aromatic N) is 1. The first-order valence-electron chi connectivity index (χ1n) is 4.61. The molecule has 0 radical (unpaired) electrons. The molecule has 1 heterocycles. The maximum atomic E-state index is 7.67. The lowest BCUT2D eigenvalue weighted by Crippen LogP contribution is -2.44. The van der Waals surface area contributed by atoms with Crippen molar-refractivity contribution in [2.24, 2.45) is 5.92 Å². The van der Waals surface area contributed by atoms with Gasteiger partial charge in [-0.05, 0) is 25.2 Å². The second-order valence-corrected chi connectivity index (χ2v) is 3.97. The van der Waals surface area contributed by atoms with Crippen molar-refractivity contribution in [3.63, 3.8) is 0 Å². The van der Waals surface area contributed by atoms with Crippen LogP contribution in [0.2, 0.25) is 0 Å². The van der Waals surface area contributed by atoms with Crippen molar-refractivity contribution in [3.8, 4) is 0 Å². The first kappa shape index (κ1) is 7.14. The summed E-state index contributed by atoms with van der Waals surface area (Å²) < 4.78 is 0. The van der Waals surface area contributed by atoms with Crippen LogP contribution in [-0.2, 0) is 0 Å². The zero-order valence-corrected chi connectivity index (χ0v) is 7.14. The zero-order chi connectivity index (χ0) is 7.84. The number of likely N-dealkylation sites (tertiary alicyclic amines) is 1. The number of rotatable bonds is 1. The minimum atomic E-state index is 0.736. The molecular formula is C9H16N2. The molecule has 1 aliphatic carbocycles. The van der Waals surface area contributed by atoms with E-state index in [-0.39, 0.29) is 0 Å². The first-order valence-corrected chi connectivity index (χ1v) is 4.61. The van der Waals surface area contributed by atoms with Gasteiger partial charge >= 0.3 is 0 Å². The van der Waals surface area contributed by atoms with Crippen LogP contribution in [0.15, 0.2) is 0 Å². The van der Waals surface area contributed by atoms with Gasteiger partial charge in [0.15, 0.2) is 0 Å². The molecule has 11 heavy (non-hydrogen) atoms. The van der Waals surface area contributed by atoms with Crippen LogP contribution in [0.1, 0.15) is 32.6 Å². The van der Waals surface area contributed by atoms with Crippen molar-refractivity contribution in [3.05, 3.63) is 0 Å². The van der Waals surface area contributed by atoms with Crippen molar-refractivity contribution >= 4 is 5.84 Å². The summed E-state index contributed by atoms with van der Waals surface area (Å²) in [6.07, 6.45) is 4.87. The van der Waals surface area contributed by atoms with E-state index in [1.54, 1.807) is 0 Å². The van der Waals surface area contributed by atoms with Gasteiger partial charge in [-0.15, -0.1) is 0 Å². The molecule has 0 bridgehead atoms. The van der Waals surface area contributed by atoms with E-state index < -0.39 is 0 Å². The molecule has 2 nitrogen and oxygen atoms in total. The van der Waals surface area contributed by atoms with Gasteiger partial charge < -0.3 is 4.90 Å².